The average Bonchev–Trinajstić information content (AvgIpc) is 3.06. The van der Waals surface area contributed by atoms with Crippen molar-refractivity contribution in [2.24, 2.45) is 5.92 Å². The molecule has 1 saturated heterocycles. The summed E-state index contributed by atoms with van der Waals surface area (Å²) in [6, 6.07) is 12.9. The van der Waals surface area contributed by atoms with E-state index < -0.39 is 10.0 Å². The van der Waals surface area contributed by atoms with Crippen LogP contribution in [0.3, 0.4) is 0 Å². The molecule has 130 valence electrons. The summed E-state index contributed by atoms with van der Waals surface area (Å²) < 4.78 is 29.4. The van der Waals surface area contributed by atoms with Gasteiger partial charge in [0.15, 0.2) is 0 Å². The van der Waals surface area contributed by atoms with Crippen molar-refractivity contribution in [3.05, 3.63) is 54.9 Å². The molecule has 5 nitrogen and oxygen atoms in total. The van der Waals surface area contributed by atoms with Gasteiger partial charge in [-0.1, -0.05) is 25.1 Å². The van der Waals surface area contributed by atoms with E-state index in [4.69, 9.17) is 0 Å². The first-order valence-electron chi connectivity index (χ1n) is 8.58. The molecule has 0 unspecified atom stereocenters. The molecule has 1 aliphatic rings. The number of nitrogens with zero attached hydrogens (tertiary/aromatic N) is 3. The van der Waals surface area contributed by atoms with Crippen LogP contribution in [0.15, 0.2) is 59.8 Å². The summed E-state index contributed by atoms with van der Waals surface area (Å²) in [4.78, 5) is 4.93. The molecule has 4 rings (SSSR count). The summed E-state index contributed by atoms with van der Waals surface area (Å²) in [5.41, 5.74) is 2.43. The molecule has 0 amide bonds. The molecule has 0 spiro atoms. The number of hydrogen-bond donors (Lipinski definition) is 0. The van der Waals surface area contributed by atoms with E-state index in [1.54, 1.807) is 22.5 Å². The Morgan fingerprint density at radius 2 is 1.88 bits per heavy atom. The summed E-state index contributed by atoms with van der Waals surface area (Å²) in [7, 11) is -3.45. The first-order chi connectivity index (χ1) is 12.0. The maximum atomic E-state index is 12.9. The Hall–Kier alpha value is -2.18. The van der Waals surface area contributed by atoms with Crippen molar-refractivity contribution >= 4 is 15.7 Å². The summed E-state index contributed by atoms with van der Waals surface area (Å²) >= 11 is 0. The van der Waals surface area contributed by atoms with Crippen LogP contribution in [0.4, 0.5) is 0 Å². The zero-order valence-electron chi connectivity index (χ0n) is 14.2. The molecule has 1 fully saturated rings. The molecule has 0 atom stereocenters. The van der Waals surface area contributed by atoms with E-state index in [0.29, 0.717) is 23.9 Å². The Labute approximate surface area is 148 Å². The largest absolute Gasteiger partial charge is 0.306 e. The molecule has 0 saturated carbocycles. The van der Waals surface area contributed by atoms with Crippen molar-refractivity contribution in [2.75, 3.05) is 13.1 Å². The number of fused-ring (bicyclic) bond motifs is 1. The van der Waals surface area contributed by atoms with E-state index >= 15 is 0 Å². The van der Waals surface area contributed by atoms with Gasteiger partial charge in [-0.3, -0.25) is 0 Å². The van der Waals surface area contributed by atoms with Crippen LogP contribution in [0.25, 0.3) is 16.9 Å². The van der Waals surface area contributed by atoms with E-state index in [0.717, 1.165) is 29.7 Å². The number of hydrogen-bond acceptors (Lipinski definition) is 3. The van der Waals surface area contributed by atoms with Gasteiger partial charge in [-0.15, -0.1) is 0 Å². The molecular weight excluding hydrogens is 334 g/mol. The molecule has 0 radical (unpaired) electrons. The minimum atomic E-state index is -3.45. The summed E-state index contributed by atoms with van der Waals surface area (Å²) in [5, 5.41) is 0. The van der Waals surface area contributed by atoms with Gasteiger partial charge < -0.3 is 4.40 Å². The van der Waals surface area contributed by atoms with E-state index in [2.05, 4.69) is 11.9 Å². The zero-order valence-corrected chi connectivity index (χ0v) is 15.0. The Kier molecular flexibility index (Phi) is 4.09. The van der Waals surface area contributed by atoms with Crippen LogP contribution < -0.4 is 0 Å². The van der Waals surface area contributed by atoms with Crippen LogP contribution in [0.5, 0.6) is 0 Å². The smallest absolute Gasteiger partial charge is 0.243 e. The van der Waals surface area contributed by atoms with Crippen molar-refractivity contribution in [1.29, 1.82) is 0 Å². The molecule has 3 heterocycles. The predicted octanol–water partition coefficient (Wildman–Crippen LogP) is 3.42. The van der Waals surface area contributed by atoms with Crippen molar-refractivity contribution in [2.45, 2.75) is 24.7 Å². The fourth-order valence-electron chi connectivity index (χ4n) is 3.26. The summed E-state index contributed by atoms with van der Waals surface area (Å²) in [6.07, 6.45) is 5.70. The fraction of sp³-hybridized carbons (Fsp3) is 0.316. The average molecular weight is 355 g/mol. The van der Waals surface area contributed by atoms with Gasteiger partial charge in [-0.05, 0) is 43.0 Å². The third kappa shape index (κ3) is 3.07. The molecule has 25 heavy (non-hydrogen) atoms. The summed E-state index contributed by atoms with van der Waals surface area (Å²) in [5.74, 6) is 0.593. The topological polar surface area (TPSA) is 54.7 Å². The Morgan fingerprint density at radius 3 is 2.64 bits per heavy atom. The normalized spacial score (nSPS) is 17.2. The number of rotatable bonds is 3. The highest BCUT2D eigenvalue weighted by Gasteiger charge is 2.28. The van der Waals surface area contributed by atoms with Crippen LogP contribution in [0.2, 0.25) is 0 Å². The van der Waals surface area contributed by atoms with E-state index in [1.807, 2.05) is 41.1 Å². The second kappa shape index (κ2) is 6.28. The monoisotopic (exact) mass is 355 g/mol. The summed E-state index contributed by atoms with van der Waals surface area (Å²) in [6.45, 7) is 3.37. The van der Waals surface area contributed by atoms with Crippen LogP contribution in [0, 0.1) is 5.92 Å². The Morgan fingerprint density at radius 1 is 1.08 bits per heavy atom. The van der Waals surface area contributed by atoms with Gasteiger partial charge in [0.1, 0.15) is 5.65 Å². The molecule has 0 N–H and O–H groups in total. The Bertz CT molecular complexity index is 969. The second-order valence-corrected chi connectivity index (χ2v) is 8.64. The standard InChI is InChI=1S/C19H21N3O2S/c1-15-8-11-22(12-9-15)25(23,24)17-6-4-5-16(13-17)18-14-21-10-3-2-7-19(21)20-18/h2-7,10,13-15H,8-9,11-12H2,1H3. The van der Waals surface area contributed by atoms with Crippen molar-refractivity contribution in [3.63, 3.8) is 0 Å². The van der Waals surface area contributed by atoms with Gasteiger partial charge in [0.2, 0.25) is 10.0 Å². The lowest BCUT2D eigenvalue weighted by molar-refractivity contribution is 0.288. The third-order valence-electron chi connectivity index (χ3n) is 4.87. The highest BCUT2D eigenvalue weighted by atomic mass is 32.2. The minimum absolute atomic E-state index is 0.344. The quantitative estimate of drug-likeness (QED) is 0.723. The third-order valence-corrected chi connectivity index (χ3v) is 6.77. The number of piperidine rings is 1. The molecular formula is C19H21N3O2S. The van der Waals surface area contributed by atoms with Crippen molar-refractivity contribution in [3.8, 4) is 11.3 Å². The number of benzene rings is 1. The van der Waals surface area contributed by atoms with Gasteiger partial charge in [0, 0.05) is 31.0 Å². The number of pyridine rings is 1. The molecule has 6 heteroatoms. The number of imidazole rings is 1. The van der Waals surface area contributed by atoms with E-state index in [-0.39, 0.29) is 0 Å². The maximum absolute atomic E-state index is 12.9. The van der Waals surface area contributed by atoms with Gasteiger partial charge in [-0.2, -0.15) is 4.31 Å². The number of aromatic nitrogens is 2. The molecule has 0 aliphatic carbocycles. The van der Waals surface area contributed by atoms with Gasteiger partial charge in [0.05, 0.1) is 10.6 Å². The highest BCUT2D eigenvalue weighted by molar-refractivity contribution is 7.89. The Balaban J connectivity index is 1.69. The van der Waals surface area contributed by atoms with Crippen LogP contribution >= 0.6 is 0 Å². The lowest BCUT2D eigenvalue weighted by atomic mass is 10.0. The molecule has 2 aromatic heterocycles. The van der Waals surface area contributed by atoms with Gasteiger partial charge in [-0.25, -0.2) is 13.4 Å². The molecule has 0 bridgehead atoms. The first kappa shape index (κ1) is 16.3. The second-order valence-electron chi connectivity index (χ2n) is 6.71. The molecule has 3 aromatic rings. The molecule has 1 aromatic carbocycles. The van der Waals surface area contributed by atoms with Gasteiger partial charge in [0.25, 0.3) is 0 Å². The zero-order chi connectivity index (χ0) is 17.4. The van der Waals surface area contributed by atoms with Crippen LogP contribution in [-0.4, -0.2) is 35.2 Å². The van der Waals surface area contributed by atoms with E-state index in [9.17, 15) is 8.42 Å². The highest BCUT2D eigenvalue weighted by Crippen LogP contribution is 2.27. The van der Waals surface area contributed by atoms with Gasteiger partial charge >= 0.3 is 0 Å². The van der Waals surface area contributed by atoms with Crippen LogP contribution in [0.1, 0.15) is 19.8 Å². The van der Waals surface area contributed by atoms with E-state index in [1.165, 1.54) is 0 Å². The fourth-order valence-corrected chi connectivity index (χ4v) is 4.78. The predicted molar refractivity (Wildman–Crippen MR) is 97.8 cm³/mol. The lowest BCUT2D eigenvalue weighted by Gasteiger charge is -2.29. The lowest BCUT2D eigenvalue weighted by Crippen LogP contribution is -2.37. The van der Waals surface area contributed by atoms with Crippen LogP contribution in [-0.2, 0) is 10.0 Å². The first-order valence-corrected chi connectivity index (χ1v) is 10.0. The minimum Gasteiger partial charge on any atom is -0.306 e. The van der Waals surface area contributed by atoms with Crippen molar-refractivity contribution in [1.82, 2.24) is 13.7 Å². The maximum Gasteiger partial charge on any atom is 0.243 e. The number of sulfonamides is 1. The SMILES string of the molecule is CC1CCN(S(=O)(=O)c2cccc(-c3cn4ccccc4n3)c2)CC1. The molecule has 1 aliphatic heterocycles. The van der Waals surface area contributed by atoms with Crippen molar-refractivity contribution < 1.29 is 8.42 Å².